The van der Waals surface area contributed by atoms with Gasteiger partial charge >= 0.3 is 5.97 Å². The first-order valence-corrected chi connectivity index (χ1v) is 7.29. The normalized spacial score (nSPS) is 10.1. The highest BCUT2D eigenvalue weighted by atomic mass is 16.5. The lowest BCUT2D eigenvalue weighted by molar-refractivity contribution is -0.125. The second-order valence-electron chi connectivity index (χ2n) is 4.86. The van der Waals surface area contributed by atoms with Gasteiger partial charge in [-0.05, 0) is 25.5 Å². The molecule has 24 heavy (non-hydrogen) atoms. The van der Waals surface area contributed by atoms with Gasteiger partial charge in [0.25, 0.3) is 11.8 Å². The molecule has 0 spiro atoms. The number of nitrogens with one attached hydrogen (secondary N) is 2. The number of amides is 2. The highest BCUT2D eigenvalue weighted by molar-refractivity contribution is 5.96. The minimum atomic E-state index is -0.699. The lowest BCUT2D eigenvalue weighted by atomic mass is 10.1. The summed E-state index contributed by atoms with van der Waals surface area (Å²) in [5, 5.41) is 3.74. The van der Waals surface area contributed by atoms with E-state index in [2.05, 4.69) is 16.0 Å². The summed E-state index contributed by atoms with van der Waals surface area (Å²) >= 11 is 0. The van der Waals surface area contributed by atoms with E-state index >= 15 is 0 Å². The van der Waals surface area contributed by atoms with Crippen LogP contribution in [0.2, 0.25) is 0 Å². The summed E-state index contributed by atoms with van der Waals surface area (Å²) in [5.74, 6) is -1.51. The van der Waals surface area contributed by atoms with Crippen LogP contribution in [0.5, 0.6) is 0 Å². The van der Waals surface area contributed by atoms with E-state index in [-0.39, 0.29) is 5.56 Å². The van der Waals surface area contributed by atoms with Crippen molar-refractivity contribution < 1.29 is 23.6 Å². The summed E-state index contributed by atoms with van der Waals surface area (Å²) in [5.41, 5.74) is 5.48. The van der Waals surface area contributed by atoms with Gasteiger partial charge in [-0.15, -0.1) is 0 Å². The molecule has 8 nitrogen and oxygen atoms in total. The molecule has 0 aliphatic carbocycles. The molecule has 0 unspecified atom stereocenters. The third-order valence-electron chi connectivity index (χ3n) is 3.16. The zero-order valence-electron chi connectivity index (χ0n) is 13.3. The Morgan fingerprint density at radius 2 is 1.88 bits per heavy atom. The Morgan fingerprint density at radius 3 is 2.54 bits per heavy atom. The SMILES string of the molecule is CCc1noc(C)c1C(=O)OCC(=O)NNC(=O)c1ccccc1. The number of hydrogen-bond acceptors (Lipinski definition) is 6. The third kappa shape index (κ3) is 4.19. The van der Waals surface area contributed by atoms with Crippen molar-refractivity contribution in [3.63, 3.8) is 0 Å². The number of esters is 1. The number of benzene rings is 1. The van der Waals surface area contributed by atoms with Crippen LogP contribution in [0.4, 0.5) is 0 Å². The lowest BCUT2D eigenvalue weighted by Gasteiger charge is -2.08. The van der Waals surface area contributed by atoms with Crippen molar-refractivity contribution in [1.29, 1.82) is 0 Å². The molecule has 1 aromatic carbocycles. The molecule has 0 aliphatic rings. The quantitative estimate of drug-likeness (QED) is 0.628. The van der Waals surface area contributed by atoms with Crippen LogP contribution in [0.3, 0.4) is 0 Å². The summed E-state index contributed by atoms with van der Waals surface area (Å²) in [6.07, 6.45) is 0.501. The van der Waals surface area contributed by atoms with Crippen molar-refractivity contribution in [2.45, 2.75) is 20.3 Å². The second kappa shape index (κ2) is 7.91. The Balaban J connectivity index is 1.82. The minimum absolute atomic E-state index is 0.221. The Morgan fingerprint density at radius 1 is 1.17 bits per heavy atom. The van der Waals surface area contributed by atoms with Crippen molar-refractivity contribution in [3.8, 4) is 0 Å². The molecule has 1 aromatic heterocycles. The highest BCUT2D eigenvalue weighted by Gasteiger charge is 2.21. The van der Waals surface area contributed by atoms with Crippen molar-refractivity contribution in [1.82, 2.24) is 16.0 Å². The number of carbonyl (C=O) groups excluding carboxylic acids is 3. The molecule has 0 bridgehead atoms. The van der Waals surface area contributed by atoms with Gasteiger partial charge in [0.1, 0.15) is 11.3 Å². The van der Waals surface area contributed by atoms with E-state index in [1.807, 2.05) is 6.92 Å². The van der Waals surface area contributed by atoms with Gasteiger partial charge in [-0.2, -0.15) is 0 Å². The summed E-state index contributed by atoms with van der Waals surface area (Å²) in [6, 6.07) is 8.37. The van der Waals surface area contributed by atoms with Crippen molar-refractivity contribution >= 4 is 17.8 Å². The van der Waals surface area contributed by atoms with E-state index in [4.69, 9.17) is 9.26 Å². The monoisotopic (exact) mass is 331 g/mol. The van der Waals surface area contributed by atoms with Gasteiger partial charge in [-0.25, -0.2) is 4.79 Å². The van der Waals surface area contributed by atoms with E-state index < -0.39 is 24.4 Å². The molecular formula is C16H17N3O5. The van der Waals surface area contributed by atoms with E-state index in [9.17, 15) is 14.4 Å². The minimum Gasteiger partial charge on any atom is -0.452 e. The first-order chi connectivity index (χ1) is 11.5. The van der Waals surface area contributed by atoms with E-state index in [1.54, 1.807) is 37.3 Å². The largest absolute Gasteiger partial charge is 0.452 e. The zero-order valence-corrected chi connectivity index (χ0v) is 13.3. The molecule has 126 valence electrons. The van der Waals surface area contributed by atoms with Crippen LogP contribution in [0.1, 0.15) is 39.1 Å². The molecule has 0 atom stereocenters. The van der Waals surface area contributed by atoms with Gasteiger partial charge < -0.3 is 9.26 Å². The van der Waals surface area contributed by atoms with Crippen molar-refractivity contribution in [3.05, 3.63) is 52.9 Å². The summed E-state index contributed by atoms with van der Waals surface area (Å²) in [7, 11) is 0. The zero-order chi connectivity index (χ0) is 17.5. The smallest absolute Gasteiger partial charge is 0.344 e. The van der Waals surface area contributed by atoms with Crippen LogP contribution in [-0.4, -0.2) is 29.5 Å². The first-order valence-electron chi connectivity index (χ1n) is 7.29. The highest BCUT2D eigenvalue weighted by Crippen LogP contribution is 2.15. The van der Waals surface area contributed by atoms with Gasteiger partial charge in [-0.1, -0.05) is 30.3 Å². The molecule has 8 heteroatoms. The molecule has 2 N–H and O–H groups in total. The summed E-state index contributed by atoms with van der Waals surface area (Å²) in [6.45, 7) is 2.87. The molecule has 0 fully saturated rings. The van der Waals surface area contributed by atoms with Gasteiger partial charge in [0.2, 0.25) is 0 Å². The molecule has 1 heterocycles. The third-order valence-corrected chi connectivity index (χ3v) is 3.16. The first kappa shape index (κ1) is 17.2. The Kier molecular flexibility index (Phi) is 5.67. The number of nitrogens with zero attached hydrogens (tertiary/aromatic N) is 1. The van der Waals surface area contributed by atoms with Gasteiger partial charge in [-0.3, -0.25) is 20.4 Å². The fourth-order valence-electron chi connectivity index (χ4n) is 1.95. The average Bonchev–Trinajstić information content (AvgIpc) is 2.99. The standard InChI is InChI=1S/C16H17N3O5/c1-3-12-14(10(2)24-19-12)16(22)23-9-13(20)17-18-15(21)11-7-5-4-6-8-11/h4-8H,3,9H2,1-2H3,(H,17,20)(H,18,21). The Bertz CT molecular complexity index is 739. The number of hydrazine groups is 1. The maximum atomic E-state index is 12.0. The van der Waals surface area contributed by atoms with E-state index in [0.717, 1.165) is 0 Å². The predicted octanol–water partition coefficient (Wildman–Crippen LogP) is 1.16. The summed E-state index contributed by atoms with van der Waals surface area (Å²) < 4.78 is 9.84. The number of aryl methyl sites for hydroxylation is 2. The van der Waals surface area contributed by atoms with Crippen molar-refractivity contribution in [2.75, 3.05) is 6.61 Å². The number of aromatic nitrogens is 1. The van der Waals surface area contributed by atoms with Gasteiger partial charge in [0.05, 0.1) is 5.69 Å². The fraction of sp³-hybridized carbons (Fsp3) is 0.250. The molecule has 2 amide bonds. The topological polar surface area (TPSA) is 111 Å². The van der Waals surface area contributed by atoms with Crippen LogP contribution in [0, 0.1) is 6.92 Å². The molecule has 2 rings (SSSR count). The predicted molar refractivity (Wildman–Crippen MR) is 83.0 cm³/mol. The van der Waals surface area contributed by atoms with E-state index in [1.165, 1.54) is 0 Å². The maximum Gasteiger partial charge on any atom is 0.344 e. The second-order valence-corrected chi connectivity index (χ2v) is 4.86. The molecule has 0 radical (unpaired) electrons. The van der Waals surface area contributed by atoms with Crippen LogP contribution in [0.15, 0.2) is 34.9 Å². The number of ether oxygens (including phenoxy) is 1. The van der Waals surface area contributed by atoms with Crippen LogP contribution < -0.4 is 10.9 Å². The molecular weight excluding hydrogens is 314 g/mol. The van der Waals surface area contributed by atoms with Crippen molar-refractivity contribution in [2.24, 2.45) is 0 Å². The average molecular weight is 331 g/mol. The molecule has 0 saturated heterocycles. The van der Waals surface area contributed by atoms with Gasteiger partial charge in [0.15, 0.2) is 6.61 Å². The Labute approximate surface area is 138 Å². The van der Waals surface area contributed by atoms with Crippen LogP contribution in [-0.2, 0) is 16.0 Å². The van der Waals surface area contributed by atoms with Crippen LogP contribution in [0.25, 0.3) is 0 Å². The molecule has 0 saturated carbocycles. The van der Waals surface area contributed by atoms with E-state index in [0.29, 0.717) is 23.4 Å². The lowest BCUT2D eigenvalue weighted by Crippen LogP contribution is -2.43. The summed E-state index contributed by atoms with van der Waals surface area (Å²) in [4.78, 5) is 35.4. The van der Waals surface area contributed by atoms with Gasteiger partial charge in [0, 0.05) is 5.56 Å². The van der Waals surface area contributed by atoms with Crippen LogP contribution >= 0.6 is 0 Å². The fourth-order valence-corrected chi connectivity index (χ4v) is 1.95. The number of rotatable bonds is 5. The number of carbonyl (C=O) groups is 3. The maximum absolute atomic E-state index is 12.0. The number of hydrogen-bond donors (Lipinski definition) is 2. The molecule has 2 aromatic rings. The Hall–Kier alpha value is -3.16. The molecule has 0 aliphatic heterocycles.